The smallest absolute Gasteiger partial charge is 0.127 e. The van der Waals surface area contributed by atoms with E-state index < -0.39 is 0 Å². The van der Waals surface area contributed by atoms with E-state index in [1.807, 2.05) is 6.92 Å². The molecule has 1 aliphatic rings. The summed E-state index contributed by atoms with van der Waals surface area (Å²) in [6.07, 6.45) is 6.23. The minimum Gasteiger partial charge on any atom is -0.493 e. The molecule has 0 amide bonds. The van der Waals surface area contributed by atoms with Crippen LogP contribution in [0, 0.1) is 0 Å². The van der Waals surface area contributed by atoms with Gasteiger partial charge in [0.2, 0.25) is 0 Å². The Labute approximate surface area is 109 Å². The third kappa shape index (κ3) is 2.85. The van der Waals surface area contributed by atoms with Crippen molar-refractivity contribution in [3.8, 4) is 11.5 Å². The van der Waals surface area contributed by atoms with E-state index in [9.17, 15) is 0 Å². The van der Waals surface area contributed by atoms with Gasteiger partial charge in [-0.15, -0.1) is 0 Å². The molecule has 0 spiro atoms. The van der Waals surface area contributed by atoms with Gasteiger partial charge in [0, 0.05) is 17.5 Å². The molecule has 1 aromatic carbocycles. The van der Waals surface area contributed by atoms with Gasteiger partial charge in [-0.1, -0.05) is 12.2 Å². The van der Waals surface area contributed by atoms with Crippen LogP contribution in [0.1, 0.15) is 31.4 Å². The average molecular weight is 247 g/mol. The summed E-state index contributed by atoms with van der Waals surface area (Å²) < 4.78 is 11.5. The van der Waals surface area contributed by atoms with E-state index in [-0.39, 0.29) is 6.10 Å². The van der Waals surface area contributed by atoms with Gasteiger partial charge in [-0.25, -0.2) is 0 Å². The molecular formula is C15H21NO2. The Bertz CT molecular complexity index is 440. The molecule has 0 radical (unpaired) electrons. The Hall–Kier alpha value is -1.48. The van der Waals surface area contributed by atoms with Crippen molar-refractivity contribution in [3.63, 3.8) is 0 Å². The van der Waals surface area contributed by atoms with E-state index in [1.165, 1.54) is 5.56 Å². The molecule has 1 unspecified atom stereocenters. The lowest BCUT2D eigenvalue weighted by Gasteiger charge is -2.10. The van der Waals surface area contributed by atoms with Crippen molar-refractivity contribution in [3.05, 3.63) is 29.3 Å². The van der Waals surface area contributed by atoms with Gasteiger partial charge < -0.3 is 15.2 Å². The van der Waals surface area contributed by atoms with E-state index in [0.717, 1.165) is 29.9 Å². The summed E-state index contributed by atoms with van der Waals surface area (Å²) in [4.78, 5) is 0. The van der Waals surface area contributed by atoms with Gasteiger partial charge in [-0.3, -0.25) is 0 Å². The first-order valence-corrected chi connectivity index (χ1v) is 6.57. The van der Waals surface area contributed by atoms with Gasteiger partial charge in [-0.2, -0.15) is 0 Å². The molecule has 1 heterocycles. The van der Waals surface area contributed by atoms with E-state index in [4.69, 9.17) is 15.2 Å². The summed E-state index contributed by atoms with van der Waals surface area (Å²) >= 11 is 0. The molecule has 1 aliphatic heterocycles. The van der Waals surface area contributed by atoms with Crippen molar-refractivity contribution in [2.24, 2.45) is 5.73 Å². The Morgan fingerprint density at radius 1 is 1.50 bits per heavy atom. The first kappa shape index (κ1) is 13.0. The average Bonchev–Trinajstić information content (AvgIpc) is 2.69. The highest BCUT2D eigenvalue weighted by Crippen LogP contribution is 2.35. The minimum absolute atomic E-state index is 0.262. The fraction of sp³-hybridized carbons (Fsp3) is 0.467. The molecule has 3 nitrogen and oxygen atoms in total. The number of rotatable bonds is 5. The molecule has 2 rings (SSSR count). The van der Waals surface area contributed by atoms with Crippen LogP contribution in [-0.4, -0.2) is 19.3 Å². The Morgan fingerprint density at radius 3 is 3.06 bits per heavy atom. The number of benzene rings is 1. The second-order valence-corrected chi connectivity index (χ2v) is 4.54. The fourth-order valence-corrected chi connectivity index (χ4v) is 2.17. The van der Waals surface area contributed by atoms with Crippen LogP contribution in [0.5, 0.6) is 11.5 Å². The minimum atomic E-state index is 0.262. The zero-order valence-electron chi connectivity index (χ0n) is 11.1. The fourth-order valence-electron chi connectivity index (χ4n) is 2.17. The monoisotopic (exact) mass is 247 g/mol. The molecule has 1 aromatic rings. The maximum Gasteiger partial charge on any atom is 0.127 e. The third-order valence-electron chi connectivity index (χ3n) is 2.96. The van der Waals surface area contributed by atoms with Gasteiger partial charge >= 0.3 is 0 Å². The lowest BCUT2D eigenvalue weighted by atomic mass is 10.1. The molecule has 98 valence electrons. The molecule has 18 heavy (non-hydrogen) atoms. The van der Waals surface area contributed by atoms with Gasteiger partial charge in [0.05, 0.1) is 6.61 Å². The molecule has 3 heteroatoms. The first-order chi connectivity index (χ1) is 8.74. The highest BCUT2D eigenvalue weighted by Gasteiger charge is 2.21. The number of fused-ring (bicyclic) bond motifs is 1. The Morgan fingerprint density at radius 2 is 2.33 bits per heavy atom. The molecule has 1 atom stereocenters. The van der Waals surface area contributed by atoms with Crippen molar-refractivity contribution in [2.75, 3.05) is 13.2 Å². The van der Waals surface area contributed by atoms with Crippen LogP contribution in [0.3, 0.4) is 0 Å². The Balaban J connectivity index is 2.29. The number of nitrogens with two attached hydrogens (primary N) is 1. The van der Waals surface area contributed by atoms with Gasteiger partial charge in [0.15, 0.2) is 0 Å². The number of hydrogen-bond donors (Lipinski definition) is 1. The van der Waals surface area contributed by atoms with Crippen LogP contribution in [0.2, 0.25) is 0 Å². The number of hydrogen-bond acceptors (Lipinski definition) is 3. The summed E-state index contributed by atoms with van der Waals surface area (Å²) in [5, 5.41) is 0. The van der Waals surface area contributed by atoms with Crippen molar-refractivity contribution < 1.29 is 9.47 Å². The van der Waals surface area contributed by atoms with Crippen LogP contribution in [-0.2, 0) is 6.42 Å². The van der Waals surface area contributed by atoms with Gasteiger partial charge in [-0.05, 0) is 38.9 Å². The van der Waals surface area contributed by atoms with E-state index >= 15 is 0 Å². The van der Waals surface area contributed by atoms with Crippen molar-refractivity contribution in [2.45, 2.75) is 32.8 Å². The van der Waals surface area contributed by atoms with Crippen molar-refractivity contribution in [1.29, 1.82) is 0 Å². The predicted molar refractivity (Wildman–Crippen MR) is 74.1 cm³/mol. The second-order valence-electron chi connectivity index (χ2n) is 4.54. The van der Waals surface area contributed by atoms with Gasteiger partial charge in [0.1, 0.15) is 17.6 Å². The van der Waals surface area contributed by atoms with Crippen molar-refractivity contribution in [1.82, 2.24) is 0 Å². The molecule has 2 N–H and O–H groups in total. The first-order valence-electron chi connectivity index (χ1n) is 6.57. The van der Waals surface area contributed by atoms with Gasteiger partial charge in [0.25, 0.3) is 0 Å². The molecule has 0 bridgehead atoms. The summed E-state index contributed by atoms with van der Waals surface area (Å²) in [6, 6.07) is 4.17. The quantitative estimate of drug-likeness (QED) is 0.870. The predicted octanol–water partition coefficient (Wildman–Crippen LogP) is 2.77. The van der Waals surface area contributed by atoms with Crippen LogP contribution in [0.4, 0.5) is 0 Å². The van der Waals surface area contributed by atoms with Crippen LogP contribution < -0.4 is 15.2 Å². The molecule has 0 saturated heterocycles. The molecular weight excluding hydrogens is 226 g/mol. The van der Waals surface area contributed by atoms with Crippen LogP contribution in [0.15, 0.2) is 18.2 Å². The Kier molecular flexibility index (Phi) is 4.26. The van der Waals surface area contributed by atoms with Crippen LogP contribution in [0.25, 0.3) is 6.08 Å². The van der Waals surface area contributed by atoms with Crippen LogP contribution >= 0.6 is 0 Å². The highest BCUT2D eigenvalue weighted by molar-refractivity contribution is 5.62. The largest absolute Gasteiger partial charge is 0.493 e. The summed E-state index contributed by atoms with van der Waals surface area (Å²) in [7, 11) is 0. The molecule has 0 aliphatic carbocycles. The third-order valence-corrected chi connectivity index (χ3v) is 2.96. The normalized spacial score (nSPS) is 17.8. The summed E-state index contributed by atoms with van der Waals surface area (Å²) in [6.45, 7) is 5.43. The topological polar surface area (TPSA) is 44.5 Å². The lowest BCUT2D eigenvalue weighted by Crippen LogP contribution is -2.05. The lowest BCUT2D eigenvalue weighted by molar-refractivity contribution is 0.254. The maximum atomic E-state index is 5.77. The maximum absolute atomic E-state index is 5.77. The highest BCUT2D eigenvalue weighted by atomic mass is 16.5. The van der Waals surface area contributed by atoms with E-state index in [2.05, 4.69) is 31.2 Å². The van der Waals surface area contributed by atoms with E-state index in [0.29, 0.717) is 13.2 Å². The molecule has 0 saturated carbocycles. The molecule has 0 aromatic heterocycles. The van der Waals surface area contributed by atoms with Crippen molar-refractivity contribution >= 4 is 6.08 Å². The zero-order valence-corrected chi connectivity index (χ0v) is 11.1. The summed E-state index contributed by atoms with van der Waals surface area (Å²) in [5.74, 6) is 1.92. The number of ether oxygens (including phenoxy) is 2. The molecule has 0 fully saturated rings. The second kappa shape index (κ2) is 5.91. The summed E-state index contributed by atoms with van der Waals surface area (Å²) in [5.41, 5.74) is 7.80. The SMILES string of the molecule is CCOc1cc2c(cc1/C=C/CCN)OC(C)C2. The zero-order chi connectivity index (χ0) is 13.0. The van der Waals surface area contributed by atoms with E-state index in [1.54, 1.807) is 0 Å². The standard InChI is InChI=1S/C15H21NO2/c1-3-17-14-10-13-8-11(2)18-15(13)9-12(14)6-4-5-7-16/h4,6,9-11H,3,5,7-8,16H2,1-2H3/b6-4+.